The highest BCUT2D eigenvalue weighted by Gasteiger charge is 2.33. The van der Waals surface area contributed by atoms with Crippen molar-refractivity contribution >= 4 is 28.6 Å². The van der Waals surface area contributed by atoms with Crippen molar-refractivity contribution in [2.75, 3.05) is 13.4 Å². The number of fused-ring (bicyclic) bond motifs is 1. The Balaban J connectivity index is 1.70. The van der Waals surface area contributed by atoms with E-state index in [0.29, 0.717) is 10.9 Å². The van der Waals surface area contributed by atoms with Gasteiger partial charge in [0.15, 0.2) is 11.5 Å². The predicted molar refractivity (Wildman–Crippen MR) is 126 cm³/mol. The van der Waals surface area contributed by atoms with Crippen molar-refractivity contribution in [3.8, 4) is 17.2 Å². The van der Waals surface area contributed by atoms with Crippen LogP contribution in [-0.2, 0) is 19.3 Å². The molecule has 4 rings (SSSR count). The number of thioether (sulfide) groups is 1. The van der Waals surface area contributed by atoms with Gasteiger partial charge in [-0.2, -0.15) is 13.2 Å². The molecule has 0 aliphatic heterocycles. The molecule has 11 heteroatoms. The summed E-state index contributed by atoms with van der Waals surface area (Å²) in [4.78, 5) is 22.0. The molecule has 0 atom stereocenters. The zero-order valence-corrected chi connectivity index (χ0v) is 19.6. The highest BCUT2D eigenvalue weighted by molar-refractivity contribution is 7.98. The van der Waals surface area contributed by atoms with Gasteiger partial charge < -0.3 is 20.2 Å². The number of aromatic nitrogens is 2. The molecule has 0 saturated carbocycles. The molecule has 2 heterocycles. The van der Waals surface area contributed by atoms with E-state index in [2.05, 4.69) is 15.3 Å². The van der Waals surface area contributed by atoms with Gasteiger partial charge in [-0.3, -0.25) is 4.79 Å². The maximum atomic E-state index is 13.2. The lowest BCUT2D eigenvalue weighted by Crippen LogP contribution is -2.25. The number of pyridine rings is 1. The molecule has 182 valence electrons. The molecule has 0 unspecified atom stereocenters. The summed E-state index contributed by atoms with van der Waals surface area (Å²) in [5, 5.41) is 3.14. The molecule has 0 spiro atoms. The fraction of sp³-hybridized carbons (Fsp3) is 0.208. The largest absolute Gasteiger partial charge is 0.494 e. The topological polar surface area (TPSA) is 103 Å². The van der Waals surface area contributed by atoms with E-state index >= 15 is 0 Å². The van der Waals surface area contributed by atoms with Crippen LogP contribution in [0.15, 0.2) is 57.8 Å². The Morgan fingerprint density at radius 2 is 1.91 bits per heavy atom. The van der Waals surface area contributed by atoms with E-state index in [4.69, 9.17) is 14.9 Å². The lowest BCUT2D eigenvalue weighted by Gasteiger charge is -2.11. The van der Waals surface area contributed by atoms with Crippen LogP contribution in [0.4, 0.5) is 13.2 Å². The summed E-state index contributed by atoms with van der Waals surface area (Å²) in [5.41, 5.74) is 6.02. The molecule has 2 aromatic carbocycles. The second-order valence-electron chi connectivity index (χ2n) is 7.40. The number of nitrogens with one attached hydrogen (secondary N) is 1. The molecule has 0 aliphatic carbocycles. The number of alkyl halides is 3. The molecular formula is C24H21F3N4O3S. The third-order valence-electron chi connectivity index (χ3n) is 5.29. The second kappa shape index (κ2) is 9.96. The highest BCUT2D eigenvalue weighted by Crippen LogP contribution is 2.37. The smallest absolute Gasteiger partial charge is 0.433 e. The lowest BCUT2D eigenvalue weighted by molar-refractivity contribution is -0.140. The number of ether oxygens (including phenoxy) is 1. The number of hydrogen-bond donors (Lipinski definition) is 2. The van der Waals surface area contributed by atoms with Gasteiger partial charge in [-0.05, 0) is 42.2 Å². The Labute approximate surface area is 202 Å². The maximum absolute atomic E-state index is 13.2. The molecule has 0 fully saturated rings. The number of carbonyl (C=O) groups excluding carboxylic acids is 1. The van der Waals surface area contributed by atoms with Crippen LogP contribution in [0.1, 0.15) is 27.5 Å². The summed E-state index contributed by atoms with van der Waals surface area (Å²) in [6.07, 6.45) is -2.67. The molecule has 0 bridgehead atoms. The first kappa shape index (κ1) is 24.6. The monoisotopic (exact) mass is 502 g/mol. The summed E-state index contributed by atoms with van der Waals surface area (Å²) >= 11 is 1.57. The summed E-state index contributed by atoms with van der Waals surface area (Å²) in [6, 6.07) is 12.9. The number of oxazole rings is 1. The minimum atomic E-state index is -4.62. The van der Waals surface area contributed by atoms with E-state index in [9.17, 15) is 18.0 Å². The van der Waals surface area contributed by atoms with E-state index < -0.39 is 17.8 Å². The summed E-state index contributed by atoms with van der Waals surface area (Å²) in [7, 11) is 1.34. The minimum Gasteiger partial charge on any atom is -0.494 e. The first-order valence-electron chi connectivity index (χ1n) is 10.4. The maximum Gasteiger partial charge on any atom is 0.433 e. The molecule has 3 N–H and O–H groups in total. The van der Waals surface area contributed by atoms with Gasteiger partial charge in [0.2, 0.25) is 5.89 Å². The first-order chi connectivity index (χ1) is 16.8. The van der Waals surface area contributed by atoms with Crippen LogP contribution in [0, 0.1) is 0 Å². The van der Waals surface area contributed by atoms with E-state index in [0.717, 1.165) is 16.5 Å². The van der Waals surface area contributed by atoms with Gasteiger partial charge in [0.25, 0.3) is 5.91 Å². The molecule has 4 aromatic rings. The molecule has 0 aliphatic rings. The van der Waals surface area contributed by atoms with Crippen LogP contribution >= 0.6 is 11.8 Å². The molecule has 35 heavy (non-hydrogen) atoms. The second-order valence-corrected chi connectivity index (χ2v) is 8.24. The van der Waals surface area contributed by atoms with Gasteiger partial charge in [0, 0.05) is 22.4 Å². The van der Waals surface area contributed by atoms with Crippen LogP contribution in [-0.4, -0.2) is 29.2 Å². The number of benzene rings is 2. The number of rotatable bonds is 7. The molecule has 1 amide bonds. The Morgan fingerprint density at radius 1 is 1.14 bits per heavy atom. The summed E-state index contributed by atoms with van der Waals surface area (Å²) < 4.78 is 50.6. The Morgan fingerprint density at radius 3 is 2.60 bits per heavy atom. The number of methoxy groups -OCH3 is 1. The third kappa shape index (κ3) is 4.96. The zero-order valence-electron chi connectivity index (χ0n) is 18.8. The predicted octanol–water partition coefficient (Wildman–Crippen LogP) is 5.03. The van der Waals surface area contributed by atoms with Crippen molar-refractivity contribution in [2.24, 2.45) is 5.73 Å². The molecule has 0 saturated heterocycles. The van der Waals surface area contributed by atoms with Crippen molar-refractivity contribution in [1.29, 1.82) is 0 Å². The van der Waals surface area contributed by atoms with E-state index in [1.807, 2.05) is 30.5 Å². The Hall–Kier alpha value is -3.57. The van der Waals surface area contributed by atoms with Gasteiger partial charge in [-0.1, -0.05) is 18.2 Å². The van der Waals surface area contributed by atoms with Crippen molar-refractivity contribution in [3.63, 3.8) is 0 Å². The van der Waals surface area contributed by atoms with E-state index in [1.54, 1.807) is 17.8 Å². The number of nitrogens with zero attached hydrogens (tertiary/aromatic N) is 2. The van der Waals surface area contributed by atoms with Crippen LogP contribution in [0.25, 0.3) is 22.4 Å². The third-order valence-corrected chi connectivity index (χ3v) is 6.13. The van der Waals surface area contributed by atoms with Crippen LogP contribution in [0.3, 0.4) is 0 Å². The average Bonchev–Trinajstić information content (AvgIpc) is 3.30. The van der Waals surface area contributed by atoms with Gasteiger partial charge in [-0.15, -0.1) is 11.8 Å². The number of nitrogens with two attached hydrogens (primary N) is 1. The summed E-state index contributed by atoms with van der Waals surface area (Å²) in [6.45, 7) is 0.180. The molecular weight excluding hydrogens is 481 g/mol. The minimum absolute atomic E-state index is 0.00738. The van der Waals surface area contributed by atoms with Gasteiger partial charge in [0.1, 0.15) is 17.0 Å². The van der Waals surface area contributed by atoms with E-state index in [-0.39, 0.29) is 41.7 Å². The van der Waals surface area contributed by atoms with Gasteiger partial charge in [-0.25, -0.2) is 9.97 Å². The van der Waals surface area contributed by atoms with E-state index in [1.165, 1.54) is 19.2 Å². The van der Waals surface area contributed by atoms with Crippen LogP contribution in [0.2, 0.25) is 0 Å². The van der Waals surface area contributed by atoms with Crippen LogP contribution < -0.4 is 15.8 Å². The number of amides is 1. The van der Waals surface area contributed by atoms with Gasteiger partial charge >= 0.3 is 6.18 Å². The number of hydrogen-bond acceptors (Lipinski definition) is 7. The Kier molecular flexibility index (Phi) is 6.99. The van der Waals surface area contributed by atoms with Crippen LogP contribution in [0.5, 0.6) is 5.75 Å². The molecule has 0 radical (unpaired) electrons. The highest BCUT2D eigenvalue weighted by atomic mass is 32.2. The first-order valence-corrected chi connectivity index (χ1v) is 11.6. The van der Waals surface area contributed by atoms with Gasteiger partial charge in [0.05, 0.1) is 13.7 Å². The fourth-order valence-electron chi connectivity index (χ4n) is 3.59. The fourth-order valence-corrected chi connectivity index (χ4v) is 4.21. The molecule has 7 nitrogen and oxygen atoms in total. The number of halogens is 3. The van der Waals surface area contributed by atoms with Crippen molar-refractivity contribution in [3.05, 3.63) is 71.2 Å². The SMILES string of the molecule is COc1ccc(-c2nc(C(=O)NCc3ccccc3SC)c(CN)o2)c2ccc(C(F)(F)F)nc12. The standard InChI is InChI=1S/C24H21F3N4O3S/c1-33-16-9-7-15(14-8-10-19(24(25,26)27)30-20(14)16)23-31-21(17(11-28)34-23)22(32)29-12-13-5-3-4-6-18(13)35-2/h3-10H,11-12,28H2,1-2H3,(H,29,32). The zero-order chi connectivity index (χ0) is 25.2. The van der Waals surface area contributed by atoms with Crippen molar-refractivity contribution in [1.82, 2.24) is 15.3 Å². The summed E-state index contributed by atoms with van der Waals surface area (Å²) in [5.74, 6) is -0.133. The molecule has 2 aromatic heterocycles. The number of carbonyl (C=O) groups is 1. The Bertz CT molecular complexity index is 1390. The average molecular weight is 503 g/mol. The normalized spacial score (nSPS) is 11.6. The van der Waals surface area contributed by atoms with Crippen molar-refractivity contribution in [2.45, 2.75) is 24.2 Å². The lowest BCUT2D eigenvalue weighted by atomic mass is 10.1. The quantitative estimate of drug-likeness (QED) is 0.342. The van der Waals surface area contributed by atoms with Crippen molar-refractivity contribution < 1.29 is 27.1 Å².